The second-order valence-electron chi connectivity index (χ2n) is 8.03. The highest BCUT2D eigenvalue weighted by Gasteiger charge is 2.47. The van der Waals surface area contributed by atoms with Crippen LogP contribution in [0.1, 0.15) is 46.4 Å². The van der Waals surface area contributed by atoms with Crippen molar-refractivity contribution in [2.45, 2.75) is 37.8 Å². The van der Waals surface area contributed by atoms with E-state index < -0.39 is 29.7 Å². The van der Waals surface area contributed by atoms with Gasteiger partial charge in [0, 0.05) is 12.1 Å². The summed E-state index contributed by atoms with van der Waals surface area (Å²) < 4.78 is 5.27. The summed E-state index contributed by atoms with van der Waals surface area (Å²) in [6.07, 6.45) is 1.68. The number of nitrogens with zero attached hydrogens (tertiary/aromatic N) is 3. The smallest absolute Gasteiger partial charge is 0.323 e. The summed E-state index contributed by atoms with van der Waals surface area (Å²) in [6.45, 7) is 0.564. The number of esters is 1. The number of likely N-dealkylation sites (N-methyl/N-ethyl adjacent to an activating group) is 1. The van der Waals surface area contributed by atoms with Crippen molar-refractivity contribution in [3.8, 4) is 0 Å². The van der Waals surface area contributed by atoms with Gasteiger partial charge < -0.3 is 10.5 Å². The minimum atomic E-state index is -1.08. The molecule has 3 heterocycles. The van der Waals surface area contributed by atoms with Crippen molar-refractivity contribution < 1.29 is 28.7 Å². The molecule has 3 aliphatic heterocycles. The number of nitrogens with two attached hydrogens (primary N) is 1. The van der Waals surface area contributed by atoms with Gasteiger partial charge in [0.05, 0.1) is 17.7 Å². The highest BCUT2D eigenvalue weighted by atomic mass is 16.5. The molecule has 164 valence electrons. The molecule has 10 heteroatoms. The van der Waals surface area contributed by atoms with Crippen LogP contribution in [0.4, 0.5) is 5.69 Å². The third-order valence-corrected chi connectivity index (χ3v) is 6.09. The number of likely N-dealkylation sites (tertiary alicyclic amines) is 2. The van der Waals surface area contributed by atoms with Crippen LogP contribution in [-0.4, -0.2) is 83.1 Å². The summed E-state index contributed by atoms with van der Waals surface area (Å²) in [6, 6.07) is 2.99. The molecule has 0 aromatic heterocycles. The second kappa shape index (κ2) is 8.10. The summed E-state index contributed by atoms with van der Waals surface area (Å²) in [4.78, 5) is 66.9. The Bertz CT molecular complexity index is 977. The number of hydrogen-bond acceptors (Lipinski definition) is 8. The number of piperidine rings is 1. The van der Waals surface area contributed by atoms with Crippen molar-refractivity contribution >= 4 is 35.3 Å². The molecule has 1 unspecified atom stereocenters. The Balaban J connectivity index is 1.43. The van der Waals surface area contributed by atoms with Gasteiger partial charge in [-0.15, -0.1) is 0 Å². The van der Waals surface area contributed by atoms with Gasteiger partial charge in [-0.25, -0.2) is 0 Å². The molecule has 2 fully saturated rings. The van der Waals surface area contributed by atoms with Gasteiger partial charge in [-0.1, -0.05) is 0 Å². The molecule has 10 nitrogen and oxygen atoms in total. The van der Waals surface area contributed by atoms with Gasteiger partial charge in [-0.3, -0.25) is 38.7 Å². The second-order valence-corrected chi connectivity index (χ2v) is 8.03. The van der Waals surface area contributed by atoms with Gasteiger partial charge in [0.1, 0.15) is 18.7 Å². The fourth-order valence-electron chi connectivity index (χ4n) is 4.40. The van der Waals surface area contributed by atoms with E-state index in [0.717, 1.165) is 22.8 Å². The molecule has 0 bridgehead atoms. The SMILES string of the molecule is CN1CCCC1C(=O)OCCN1C(=O)CC[C@H](N2C(=O)c3ccc(N)cc3C2=O)C1=O. The summed E-state index contributed by atoms with van der Waals surface area (Å²) in [5.41, 5.74) is 6.39. The molecule has 0 aliphatic carbocycles. The number of imide groups is 2. The van der Waals surface area contributed by atoms with Crippen molar-refractivity contribution in [3.05, 3.63) is 29.3 Å². The van der Waals surface area contributed by atoms with Crippen LogP contribution in [0, 0.1) is 0 Å². The molecule has 2 atom stereocenters. The van der Waals surface area contributed by atoms with Gasteiger partial charge >= 0.3 is 5.97 Å². The highest BCUT2D eigenvalue weighted by Crippen LogP contribution is 2.30. The number of hydrogen-bond donors (Lipinski definition) is 1. The van der Waals surface area contributed by atoms with Crippen LogP contribution in [0.15, 0.2) is 18.2 Å². The number of nitrogen functional groups attached to an aromatic ring is 1. The zero-order chi connectivity index (χ0) is 22.3. The molecule has 4 amide bonds. The van der Waals surface area contributed by atoms with Gasteiger partial charge in [0.25, 0.3) is 17.7 Å². The van der Waals surface area contributed by atoms with Crippen molar-refractivity contribution in [3.63, 3.8) is 0 Å². The lowest BCUT2D eigenvalue weighted by atomic mass is 10.0. The van der Waals surface area contributed by atoms with Crippen molar-refractivity contribution in [2.24, 2.45) is 0 Å². The van der Waals surface area contributed by atoms with E-state index >= 15 is 0 Å². The Hall–Kier alpha value is -3.27. The Labute approximate surface area is 178 Å². The quantitative estimate of drug-likeness (QED) is 0.395. The van der Waals surface area contributed by atoms with Gasteiger partial charge in [-0.2, -0.15) is 0 Å². The molecule has 2 saturated heterocycles. The van der Waals surface area contributed by atoms with E-state index in [-0.39, 0.29) is 49.1 Å². The number of carbonyl (C=O) groups is 5. The van der Waals surface area contributed by atoms with E-state index in [1.165, 1.54) is 18.2 Å². The predicted octanol–water partition coefficient (Wildman–Crippen LogP) is 0.0198. The number of anilines is 1. The molecular formula is C21H24N4O6. The van der Waals surface area contributed by atoms with E-state index in [9.17, 15) is 24.0 Å². The Kier molecular flexibility index (Phi) is 5.48. The predicted molar refractivity (Wildman–Crippen MR) is 108 cm³/mol. The summed E-state index contributed by atoms with van der Waals surface area (Å²) in [7, 11) is 1.84. The first-order valence-corrected chi connectivity index (χ1v) is 10.3. The number of amides is 4. The van der Waals surface area contributed by atoms with Crippen molar-refractivity contribution in [1.29, 1.82) is 0 Å². The number of benzene rings is 1. The van der Waals surface area contributed by atoms with Crippen molar-refractivity contribution in [1.82, 2.24) is 14.7 Å². The number of fused-ring (bicyclic) bond motifs is 1. The number of rotatable bonds is 5. The number of carbonyl (C=O) groups excluding carboxylic acids is 5. The maximum atomic E-state index is 13.0. The summed E-state index contributed by atoms with van der Waals surface area (Å²) >= 11 is 0. The zero-order valence-corrected chi connectivity index (χ0v) is 17.2. The molecule has 1 aromatic carbocycles. The summed E-state index contributed by atoms with van der Waals surface area (Å²) in [5.74, 6) is -2.63. The third-order valence-electron chi connectivity index (χ3n) is 6.09. The molecule has 0 saturated carbocycles. The van der Waals surface area contributed by atoms with E-state index in [0.29, 0.717) is 12.1 Å². The van der Waals surface area contributed by atoms with Gasteiger partial charge in [-0.05, 0) is 51.1 Å². The van der Waals surface area contributed by atoms with Crippen LogP contribution < -0.4 is 5.73 Å². The average Bonchev–Trinajstić information content (AvgIpc) is 3.26. The minimum Gasteiger partial charge on any atom is -0.463 e. The van der Waals surface area contributed by atoms with Crippen LogP contribution in [-0.2, 0) is 19.1 Å². The highest BCUT2D eigenvalue weighted by molar-refractivity contribution is 6.23. The fourth-order valence-corrected chi connectivity index (χ4v) is 4.40. The lowest BCUT2D eigenvalue weighted by Gasteiger charge is -2.34. The largest absolute Gasteiger partial charge is 0.463 e. The van der Waals surface area contributed by atoms with Gasteiger partial charge in [0.2, 0.25) is 5.91 Å². The molecule has 4 rings (SSSR count). The zero-order valence-electron chi connectivity index (χ0n) is 17.2. The van der Waals surface area contributed by atoms with Crippen molar-refractivity contribution in [2.75, 3.05) is 32.5 Å². The topological polar surface area (TPSA) is 130 Å². The maximum Gasteiger partial charge on any atom is 0.323 e. The first kappa shape index (κ1) is 21.0. The molecule has 1 aromatic rings. The van der Waals surface area contributed by atoms with Crippen LogP contribution in [0.3, 0.4) is 0 Å². The standard InChI is InChI=1S/C21H24N4O6/c1-23-8-2-3-16(23)21(30)31-10-9-24-17(26)7-6-15(20(24)29)25-18(27)13-5-4-12(22)11-14(13)19(25)28/h4-5,11,15-16H,2-3,6-10,22H2,1H3/t15-,16?/m0/s1. The molecule has 0 radical (unpaired) electrons. The minimum absolute atomic E-state index is 0.00522. The van der Waals surface area contributed by atoms with E-state index in [1.54, 1.807) is 0 Å². The summed E-state index contributed by atoms with van der Waals surface area (Å²) in [5, 5.41) is 0. The number of ether oxygens (including phenoxy) is 1. The van der Waals surface area contributed by atoms with Crippen LogP contribution in [0.2, 0.25) is 0 Å². The van der Waals surface area contributed by atoms with E-state index in [4.69, 9.17) is 10.5 Å². The third kappa shape index (κ3) is 3.67. The Morgan fingerprint density at radius 1 is 1.13 bits per heavy atom. The normalized spacial score (nSPS) is 24.2. The van der Waals surface area contributed by atoms with Gasteiger partial charge in [0.15, 0.2) is 0 Å². The van der Waals surface area contributed by atoms with Crippen LogP contribution in [0.5, 0.6) is 0 Å². The van der Waals surface area contributed by atoms with E-state index in [1.807, 2.05) is 11.9 Å². The lowest BCUT2D eigenvalue weighted by Crippen LogP contribution is -2.56. The molecule has 0 spiro atoms. The first-order valence-electron chi connectivity index (χ1n) is 10.3. The average molecular weight is 428 g/mol. The Morgan fingerprint density at radius 3 is 2.58 bits per heavy atom. The molecular weight excluding hydrogens is 404 g/mol. The van der Waals surface area contributed by atoms with E-state index in [2.05, 4.69) is 0 Å². The molecule has 3 aliphatic rings. The molecule has 31 heavy (non-hydrogen) atoms. The lowest BCUT2D eigenvalue weighted by molar-refractivity contribution is -0.157. The first-order chi connectivity index (χ1) is 14.8. The molecule has 2 N–H and O–H groups in total. The maximum absolute atomic E-state index is 13.0. The Morgan fingerprint density at radius 2 is 1.87 bits per heavy atom. The monoisotopic (exact) mass is 428 g/mol. The van der Waals surface area contributed by atoms with Crippen LogP contribution >= 0.6 is 0 Å². The fraction of sp³-hybridized carbons (Fsp3) is 0.476. The van der Waals surface area contributed by atoms with Crippen LogP contribution in [0.25, 0.3) is 0 Å².